The number of rotatable bonds is 4. The molecule has 2 heterocycles. The minimum atomic E-state index is 0.726. The topological polar surface area (TPSA) is 53.6 Å². The number of H-pyrrole nitrogens is 1. The van der Waals surface area contributed by atoms with Crippen molar-refractivity contribution in [2.45, 2.75) is 20.4 Å². The summed E-state index contributed by atoms with van der Waals surface area (Å²) in [6, 6.07) is 10.4. The molecule has 0 aliphatic carbocycles. The molecule has 2 N–H and O–H groups in total. The van der Waals surface area contributed by atoms with Gasteiger partial charge in [-0.05, 0) is 49.2 Å². The van der Waals surface area contributed by atoms with Crippen LogP contribution in [0.3, 0.4) is 0 Å². The number of hydrogen-bond donors (Lipinski definition) is 2. The summed E-state index contributed by atoms with van der Waals surface area (Å²) in [5.74, 6) is 0. The predicted molar refractivity (Wildman–Crippen MR) is 85.1 cm³/mol. The fourth-order valence-corrected chi connectivity index (χ4v) is 2.48. The first-order valence-electron chi connectivity index (χ1n) is 6.97. The summed E-state index contributed by atoms with van der Waals surface area (Å²) in [5, 5.41) is 10.7. The van der Waals surface area contributed by atoms with Gasteiger partial charge in [0.25, 0.3) is 0 Å². The van der Waals surface area contributed by atoms with E-state index in [9.17, 15) is 0 Å². The zero-order chi connectivity index (χ0) is 14.7. The van der Waals surface area contributed by atoms with Crippen molar-refractivity contribution in [2.24, 2.45) is 0 Å². The quantitative estimate of drug-likeness (QED) is 0.765. The summed E-state index contributed by atoms with van der Waals surface area (Å²) in [7, 11) is 0. The summed E-state index contributed by atoms with van der Waals surface area (Å²) >= 11 is 0. The largest absolute Gasteiger partial charge is 0.381 e. The smallest absolute Gasteiger partial charge is 0.0715 e. The van der Waals surface area contributed by atoms with Gasteiger partial charge in [0.1, 0.15) is 0 Å². The predicted octanol–water partition coefficient (Wildman–Crippen LogP) is 3.70. The molecule has 0 aliphatic rings. The second-order valence-corrected chi connectivity index (χ2v) is 5.24. The molecule has 0 aliphatic heterocycles. The number of nitrogens with zero attached hydrogens (tertiary/aromatic N) is 2. The van der Waals surface area contributed by atoms with Crippen LogP contribution in [0.5, 0.6) is 0 Å². The highest BCUT2D eigenvalue weighted by atomic mass is 15.1. The van der Waals surface area contributed by atoms with E-state index in [1.807, 2.05) is 24.5 Å². The first kappa shape index (κ1) is 13.4. The lowest BCUT2D eigenvalue weighted by Crippen LogP contribution is -2.00. The molecule has 0 saturated carbocycles. The van der Waals surface area contributed by atoms with Crippen molar-refractivity contribution in [1.82, 2.24) is 15.2 Å². The molecule has 106 valence electrons. The van der Waals surface area contributed by atoms with Crippen molar-refractivity contribution in [1.29, 1.82) is 0 Å². The SMILES string of the molecule is Cc1cc(C)cc(NCc2cn[nH]c2-c2cccnc2)c1. The van der Waals surface area contributed by atoms with Gasteiger partial charge in [0.15, 0.2) is 0 Å². The number of hydrogen-bond acceptors (Lipinski definition) is 3. The number of aromatic nitrogens is 3. The van der Waals surface area contributed by atoms with Crippen LogP contribution in [-0.4, -0.2) is 15.2 Å². The Morgan fingerprint density at radius 1 is 1.10 bits per heavy atom. The maximum Gasteiger partial charge on any atom is 0.0715 e. The maximum absolute atomic E-state index is 4.16. The van der Waals surface area contributed by atoms with Gasteiger partial charge in [0.2, 0.25) is 0 Å². The molecule has 0 atom stereocenters. The van der Waals surface area contributed by atoms with E-state index in [4.69, 9.17) is 0 Å². The first-order chi connectivity index (χ1) is 10.2. The average Bonchev–Trinajstić information content (AvgIpc) is 2.93. The van der Waals surface area contributed by atoms with Crippen LogP contribution in [0.1, 0.15) is 16.7 Å². The Bertz CT molecular complexity index is 711. The van der Waals surface area contributed by atoms with E-state index < -0.39 is 0 Å². The standard InChI is InChI=1S/C17H18N4/c1-12-6-13(2)8-16(7-12)19-10-15-11-20-21-17(15)14-4-3-5-18-9-14/h3-9,11,19H,10H2,1-2H3,(H,20,21). The monoisotopic (exact) mass is 278 g/mol. The fourth-order valence-electron chi connectivity index (χ4n) is 2.48. The molecule has 0 radical (unpaired) electrons. The number of nitrogens with one attached hydrogen (secondary N) is 2. The number of anilines is 1. The molecule has 2 aromatic heterocycles. The van der Waals surface area contributed by atoms with Crippen molar-refractivity contribution in [2.75, 3.05) is 5.32 Å². The number of benzene rings is 1. The lowest BCUT2D eigenvalue weighted by atomic mass is 10.1. The van der Waals surface area contributed by atoms with E-state index in [1.165, 1.54) is 11.1 Å². The second kappa shape index (κ2) is 5.79. The van der Waals surface area contributed by atoms with Gasteiger partial charge < -0.3 is 5.32 Å². The molecule has 21 heavy (non-hydrogen) atoms. The van der Waals surface area contributed by atoms with Crippen LogP contribution in [-0.2, 0) is 6.54 Å². The third-order valence-electron chi connectivity index (χ3n) is 3.37. The van der Waals surface area contributed by atoms with Crippen molar-refractivity contribution in [3.05, 3.63) is 65.6 Å². The van der Waals surface area contributed by atoms with Crippen LogP contribution in [0, 0.1) is 13.8 Å². The van der Waals surface area contributed by atoms with Crippen LogP contribution in [0.2, 0.25) is 0 Å². The van der Waals surface area contributed by atoms with Crippen LogP contribution < -0.4 is 5.32 Å². The van der Waals surface area contributed by atoms with E-state index >= 15 is 0 Å². The number of pyridine rings is 1. The van der Waals surface area contributed by atoms with Gasteiger partial charge in [0.05, 0.1) is 11.9 Å². The maximum atomic E-state index is 4.16. The molecular formula is C17H18N4. The molecule has 4 heteroatoms. The van der Waals surface area contributed by atoms with Crippen molar-refractivity contribution in [3.63, 3.8) is 0 Å². The first-order valence-corrected chi connectivity index (χ1v) is 6.97. The van der Waals surface area contributed by atoms with Gasteiger partial charge in [0, 0.05) is 35.8 Å². The van der Waals surface area contributed by atoms with Crippen LogP contribution in [0.4, 0.5) is 5.69 Å². The molecule has 0 saturated heterocycles. The van der Waals surface area contributed by atoms with Gasteiger partial charge in [-0.15, -0.1) is 0 Å². The van der Waals surface area contributed by atoms with Crippen molar-refractivity contribution < 1.29 is 0 Å². The summed E-state index contributed by atoms with van der Waals surface area (Å²) in [6.45, 7) is 4.94. The Hall–Kier alpha value is -2.62. The lowest BCUT2D eigenvalue weighted by Gasteiger charge is -2.09. The zero-order valence-corrected chi connectivity index (χ0v) is 12.2. The Morgan fingerprint density at radius 2 is 1.90 bits per heavy atom. The third kappa shape index (κ3) is 3.11. The highest BCUT2D eigenvalue weighted by molar-refractivity contribution is 5.62. The lowest BCUT2D eigenvalue weighted by molar-refractivity contribution is 1.09. The van der Waals surface area contributed by atoms with E-state index in [0.29, 0.717) is 0 Å². The Labute approximate surface area is 124 Å². The van der Waals surface area contributed by atoms with Gasteiger partial charge in [-0.2, -0.15) is 5.10 Å². The van der Waals surface area contributed by atoms with E-state index in [2.05, 4.69) is 52.5 Å². The van der Waals surface area contributed by atoms with Crippen molar-refractivity contribution in [3.8, 4) is 11.3 Å². The number of aryl methyl sites for hydroxylation is 2. The molecule has 0 fully saturated rings. The molecule has 0 unspecified atom stereocenters. The number of aromatic amines is 1. The fraction of sp³-hybridized carbons (Fsp3) is 0.176. The molecule has 3 aromatic rings. The minimum absolute atomic E-state index is 0.726. The second-order valence-electron chi connectivity index (χ2n) is 5.24. The van der Waals surface area contributed by atoms with E-state index in [0.717, 1.165) is 29.1 Å². The molecule has 0 bridgehead atoms. The summed E-state index contributed by atoms with van der Waals surface area (Å²) in [4.78, 5) is 4.16. The van der Waals surface area contributed by atoms with Crippen LogP contribution >= 0.6 is 0 Å². The van der Waals surface area contributed by atoms with E-state index in [-0.39, 0.29) is 0 Å². The van der Waals surface area contributed by atoms with Gasteiger partial charge in [-0.1, -0.05) is 6.07 Å². The normalized spacial score (nSPS) is 10.6. The summed E-state index contributed by atoms with van der Waals surface area (Å²) < 4.78 is 0. The Kier molecular flexibility index (Phi) is 3.69. The van der Waals surface area contributed by atoms with Crippen LogP contribution in [0.25, 0.3) is 11.3 Å². The summed E-state index contributed by atoms with van der Waals surface area (Å²) in [5.41, 5.74) is 6.84. The average molecular weight is 278 g/mol. The third-order valence-corrected chi connectivity index (χ3v) is 3.37. The highest BCUT2D eigenvalue weighted by Gasteiger charge is 2.07. The molecule has 4 nitrogen and oxygen atoms in total. The Morgan fingerprint density at radius 3 is 2.62 bits per heavy atom. The molecule has 3 rings (SSSR count). The highest BCUT2D eigenvalue weighted by Crippen LogP contribution is 2.21. The summed E-state index contributed by atoms with van der Waals surface area (Å²) in [6.07, 6.45) is 5.47. The molecule has 1 aromatic carbocycles. The molecular weight excluding hydrogens is 260 g/mol. The zero-order valence-electron chi connectivity index (χ0n) is 12.2. The van der Waals surface area contributed by atoms with Gasteiger partial charge >= 0.3 is 0 Å². The van der Waals surface area contributed by atoms with Gasteiger partial charge in [-0.25, -0.2) is 0 Å². The molecule has 0 spiro atoms. The van der Waals surface area contributed by atoms with Gasteiger partial charge in [-0.3, -0.25) is 10.1 Å². The van der Waals surface area contributed by atoms with E-state index in [1.54, 1.807) is 6.20 Å². The minimum Gasteiger partial charge on any atom is -0.381 e. The van der Waals surface area contributed by atoms with Crippen molar-refractivity contribution >= 4 is 5.69 Å². The molecule has 0 amide bonds. The Balaban J connectivity index is 1.79. The van der Waals surface area contributed by atoms with Crippen LogP contribution in [0.15, 0.2) is 48.9 Å².